The van der Waals surface area contributed by atoms with Gasteiger partial charge >= 0.3 is 0 Å². The second kappa shape index (κ2) is 4.80. The minimum Gasteiger partial charge on any atom is -0.436 e. The summed E-state index contributed by atoms with van der Waals surface area (Å²) in [7, 11) is 0. The van der Waals surface area contributed by atoms with Gasteiger partial charge in [-0.15, -0.1) is 10.2 Å². The molecule has 0 bridgehead atoms. The van der Waals surface area contributed by atoms with Gasteiger partial charge in [-0.05, 0) is 55.3 Å². The fraction of sp³-hybridized carbons (Fsp3) is 0.118. The molecule has 108 valence electrons. The van der Waals surface area contributed by atoms with Crippen LogP contribution < -0.4 is 0 Å². The van der Waals surface area contributed by atoms with E-state index in [1.165, 1.54) is 11.1 Å². The zero-order valence-electron chi connectivity index (χ0n) is 12.3. The van der Waals surface area contributed by atoms with E-state index in [0.717, 1.165) is 22.4 Å². The highest BCUT2D eigenvalue weighted by atomic mass is 16.3. The van der Waals surface area contributed by atoms with Crippen LogP contribution in [-0.4, -0.2) is 19.7 Å². The van der Waals surface area contributed by atoms with Crippen LogP contribution in [0.3, 0.4) is 0 Å². The molecular formula is C17H14N4O. The molecule has 5 heteroatoms. The van der Waals surface area contributed by atoms with Crippen LogP contribution >= 0.6 is 0 Å². The Labute approximate surface area is 127 Å². The number of fused-ring (bicyclic) bond motifs is 1. The molecule has 0 N–H and O–H groups in total. The lowest BCUT2D eigenvalue weighted by Gasteiger charge is -2.02. The Bertz CT molecular complexity index is 915. The molecule has 4 rings (SSSR count). The number of aryl methyl sites for hydroxylation is 2. The number of rotatable bonds is 2. The fourth-order valence-electron chi connectivity index (χ4n) is 2.44. The van der Waals surface area contributed by atoms with Gasteiger partial charge in [0.1, 0.15) is 18.2 Å². The zero-order chi connectivity index (χ0) is 15.1. The van der Waals surface area contributed by atoms with Gasteiger partial charge in [0.25, 0.3) is 0 Å². The van der Waals surface area contributed by atoms with Crippen LogP contribution in [0.4, 0.5) is 0 Å². The lowest BCUT2D eigenvalue weighted by Crippen LogP contribution is -1.90. The van der Waals surface area contributed by atoms with Crippen molar-refractivity contribution in [2.45, 2.75) is 13.8 Å². The van der Waals surface area contributed by atoms with Gasteiger partial charge in [0.05, 0.1) is 0 Å². The number of benzene rings is 2. The van der Waals surface area contributed by atoms with Crippen LogP contribution in [0.5, 0.6) is 0 Å². The summed E-state index contributed by atoms with van der Waals surface area (Å²) in [5, 5.41) is 7.66. The smallest absolute Gasteiger partial charge is 0.227 e. The number of hydrogen-bond acceptors (Lipinski definition) is 4. The average Bonchev–Trinajstić information content (AvgIpc) is 3.17. The molecule has 0 saturated carbocycles. The Kier molecular flexibility index (Phi) is 2.79. The lowest BCUT2D eigenvalue weighted by atomic mass is 10.1. The zero-order valence-corrected chi connectivity index (χ0v) is 12.3. The molecule has 2 aromatic heterocycles. The van der Waals surface area contributed by atoms with Crippen molar-refractivity contribution in [1.82, 2.24) is 19.7 Å². The highest BCUT2D eigenvalue weighted by Crippen LogP contribution is 2.27. The van der Waals surface area contributed by atoms with Gasteiger partial charge in [-0.1, -0.05) is 6.07 Å². The average molecular weight is 290 g/mol. The first kappa shape index (κ1) is 12.8. The Morgan fingerprint density at radius 1 is 0.955 bits per heavy atom. The molecule has 2 aromatic carbocycles. The molecule has 0 atom stereocenters. The van der Waals surface area contributed by atoms with Crippen LogP contribution in [0, 0.1) is 13.8 Å². The maximum atomic E-state index is 5.91. The molecule has 0 amide bonds. The molecule has 22 heavy (non-hydrogen) atoms. The molecule has 0 radical (unpaired) electrons. The first-order valence-corrected chi connectivity index (χ1v) is 7.04. The number of aromatic nitrogens is 4. The highest BCUT2D eigenvalue weighted by molar-refractivity contribution is 5.78. The summed E-state index contributed by atoms with van der Waals surface area (Å²) >= 11 is 0. The van der Waals surface area contributed by atoms with E-state index in [4.69, 9.17) is 4.42 Å². The summed E-state index contributed by atoms with van der Waals surface area (Å²) in [4.78, 5) is 4.60. The van der Waals surface area contributed by atoms with E-state index in [1.807, 2.05) is 34.9 Å². The maximum Gasteiger partial charge on any atom is 0.227 e. The van der Waals surface area contributed by atoms with E-state index in [9.17, 15) is 0 Å². The Morgan fingerprint density at radius 2 is 1.73 bits per heavy atom. The Balaban J connectivity index is 1.83. The number of nitrogens with zero attached hydrogens (tertiary/aromatic N) is 4. The van der Waals surface area contributed by atoms with Crippen molar-refractivity contribution >= 4 is 11.1 Å². The molecule has 0 spiro atoms. The molecule has 0 fully saturated rings. The molecular weight excluding hydrogens is 276 g/mol. The molecule has 5 nitrogen and oxygen atoms in total. The first-order valence-electron chi connectivity index (χ1n) is 7.04. The monoisotopic (exact) mass is 290 g/mol. The second-order valence-corrected chi connectivity index (χ2v) is 5.34. The van der Waals surface area contributed by atoms with Gasteiger partial charge in [0.2, 0.25) is 5.89 Å². The molecule has 0 aliphatic heterocycles. The van der Waals surface area contributed by atoms with Gasteiger partial charge in [0, 0.05) is 11.3 Å². The molecule has 4 aromatic rings. The van der Waals surface area contributed by atoms with Crippen LogP contribution in [0.15, 0.2) is 53.5 Å². The minimum absolute atomic E-state index is 0.620. The quantitative estimate of drug-likeness (QED) is 0.565. The van der Waals surface area contributed by atoms with E-state index in [2.05, 4.69) is 35.1 Å². The molecule has 0 saturated heterocycles. The summed E-state index contributed by atoms with van der Waals surface area (Å²) in [5.41, 5.74) is 6.01. The van der Waals surface area contributed by atoms with Gasteiger partial charge in [-0.2, -0.15) is 0 Å². The highest BCUT2D eigenvalue weighted by Gasteiger charge is 2.10. The lowest BCUT2D eigenvalue weighted by molar-refractivity contribution is 0.619. The third kappa shape index (κ3) is 2.07. The SMILES string of the molecule is Cc1cc2nc(-c3cccc(-n4cnnc4)c3)oc2cc1C. The summed E-state index contributed by atoms with van der Waals surface area (Å²) < 4.78 is 7.76. The summed E-state index contributed by atoms with van der Waals surface area (Å²) in [6.07, 6.45) is 3.33. The minimum atomic E-state index is 0.620. The van der Waals surface area contributed by atoms with Crippen molar-refractivity contribution in [2.24, 2.45) is 0 Å². The molecule has 0 unspecified atom stereocenters. The van der Waals surface area contributed by atoms with Crippen LogP contribution in [0.25, 0.3) is 28.2 Å². The van der Waals surface area contributed by atoms with Crippen LogP contribution in [0.2, 0.25) is 0 Å². The van der Waals surface area contributed by atoms with E-state index in [-0.39, 0.29) is 0 Å². The van der Waals surface area contributed by atoms with Gasteiger partial charge in [-0.25, -0.2) is 4.98 Å². The van der Waals surface area contributed by atoms with Gasteiger partial charge in [-0.3, -0.25) is 4.57 Å². The summed E-state index contributed by atoms with van der Waals surface area (Å²) in [5.74, 6) is 0.620. The van der Waals surface area contributed by atoms with Crippen molar-refractivity contribution < 1.29 is 4.42 Å². The third-order valence-electron chi connectivity index (χ3n) is 3.81. The van der Waals surface area contributed by atoms with Crippen molar-refractivity contribution in [3.05, 3.63) is 60.2 Å². The number of hydrogen-bond donors (Lipinski definition) is 0. The normalized spacial score (nSPS) is 11.2. The van der Waals surface area contributed by atoms with Crippen molar-refractivity contribution in [3.8, 4) is 17.1 Å². The van der Waals surface area contributed by atoms with E-state index in [0.29, 0.717) is 5.89 Å². The predicted molar refractivity (Wildman–Crippen MR) is 83.8 cm³/mol. The van der Waals surface area contributed by atoms with Crippen molar-refractivity contribution in [2.75, 3.05) is 0 Å². The third-order valence-corrected chi connectivity index (χ3v) is 3.81. The summed E-state index contributed by atoms with van der Waals surface area (Å²) in [6.45, 7) is 4.15. The van der Waals surface area contributed by atoms with Gasteiger partial charge in [0.15, 0.2) is 5.58 Å². The molecule has 0 aliphatic rings. The maximum absolute atomic E-state index is 5.91. The fourth-order valence-corrected chi connectivity index (χ4v) is 2.44. The molecule has 2 heterocycles. The van der Waals surface area contributed by atoms with E-state index >= 15 is 0 Å². The topological polar surface area (TPSA) is 56.7 Å². The van der Waals surface area contributed by atoms with Crippen LogP contribution in [0.1, 0.15) is 11.1 Å². The Morgan fingerprint density at radius 3 is 2.55 bits per heavy atom. The summed E-state index contributed by atoms with van der Waals surface area (Å²) in [6, 6.07) is 12.0. The van der Waals surface area contributed by atoms with Gasteiger partial charge < -0.3 is 4.42 Å². The van der Waals surface area contributed by atoms with E-state index in [1.54, 1.807) is 12.7 Å². The van der Waals surface area contributed by atoms with Crippen LogP contribution in [-0.2, 0) is 0 Å². The first-order chi connectivity index (χ1) is 10.7. The number of oxazole rings is 1. The van der Waals surface area contributed by atoms with E-state index < -0.39 is 0 Å². The molecule has 0 aliphatic carbocycles. The van der Waals surface area contributed by atoms with Crippen molar-refractivity contribution in [1.29, 1.82) is 0 Å². The van der Waals surface area contributed by atoms with Crippen molar-refractivity contribution in [3.63, 3.8) is 0 Å². The second-order valence-electron chi connectivity index (χ2n) is 5.34. The predicted octanol–water partition coefficient (Wildman–Crippen LogP) is 3.69. The standard InChI is InChI=1S/C17H14N4O/c1-11-6-15-16(7-12(11)2)22-17(20-15)13-4-3-5-14(8-13)21-9-18-19-10-21/h3-10H,1-2H3. The largest absolute Gasteiger partial charge is 0.436 e. The Hall–Kier alpha value is -2.95.